The van der Waals surface area contributed by atoms with Gasteiger partial charge in [-0.25, -0.2) is 0 Å². The number of para-hydroxylation sites is 1. The molecule has 1 spiro atoms. The first-order valence-electron chi connectivity index (χ1n) is 10.7. The lowest BCUT2D eigenvalue weighted by Crippen LogP contribution is -2.59. The van der Waals surface area contributed by atoms with Gasteiger partial charge in [-0.3, -0.25) is 14.4 Å². The highest BCUT2D eigenvalue weighted by molar-refractivity contribution is 5.98. The van der Waals surface area contributed by atoms with Gasteiger partial charge in [0.15, 0.2) is 0 Å². The van der Waals surface area contributed by atoms with Crippen molar-refractivity contribution in [2.75, 3.05) is 26.3 Å². The number of hydrogen-bond donors (Lipinski definition) is 2. The van der Waals surface area contributed by atoms with Crippen molar-refractivity contribution >= 4 is 17.8 Å². The monoisotopic (exact) mass is 437 g/mol. The molecule has 8 nitrogen and oxygen atoms in total. The van der Waals surface area contributed by atoms with Gasteiger partial charge in [0.25, 0.3) is 5.91 Å². The Hall–Kier alpha value is -3.39. The van der Waals surface area contributed by atoms with Crippen LogP contribution in [0.4, 0.5) is 0 Å². The molecule has 1 saturated heterocycles. The first-order valence-corrected chi connectivity index (χ1v) is 10.7. The summed E-state index contributed by atoms with van der Waals surface area (Å²) in [5.74, 6) is -1.44. The number of carbonyl (C=O) groups is 3. The zero-order valence-corrected chi connectivity index (χ0v) is 18.0. The minimum atomic E-state index is -1.11. The minimum Gasteiger partial charge on any atom is -0.490 e. The number of nitrogens with two attached hydrogens (primary N) is 1. The predicted octanol–water partition coefficient (Wildman–Crippen LogP) is 1.14. The van der Waals surface area contributed by atoms with Crippen LogP contribution in [-0.2, 0) is 20.7 Å². The van der Waals surface area contributed by atoms with Gasteiger partial charge in [-0.05, 0) is 31.0 Å². The van der Waals surface area contributed by atoms with E-state index in [1.54, 1.807) is 31.2 Å². The molecule has 2 aliphatic rings. The molecule has 32 heavy (non-hydrogen) atoms. The lowest BCUT2D eigenvalue weighted by molar-refractivity contribution is -0.150. The Labute approximate surface area is 186 Å². The number of likely N-dealkylation sites (tertiary alicyclic amines) is 1. The normalized spacial score (nSPS) is 23.0. The van der Waals surface area contributed by atoms with Crippen molar-refractivity contribution < 1.29 is 23.9 Å². The molecule has 0 saturated carbocycles. The molecule has 3 N–H and O–H groups in total. The van der Waals surface area contributed by atoms with E-state index in [1.165, 1.54) is 4.90 Å². The van der Waals surface area contributed by atoms with Crippen molar-refractivity contribution in [3.05, 3.63) is 65.7 Å². The second-order valence-electron chi connectivity index (χ2n) is 8.21. The summed E-state index contributed by atoms with van der Waals surface area (Å²) in [6.45, 7) is 2.16. The van der Waals surface area contributed by atoms with E-state index in [0.717, 1.165) is 5.56 Å². The molecular formula is C24H27N3O5. The number of hydrogen-bond acceptors (Lipinski definition) is 6. The average Bonchev–Trinajstić information content (AvgIpc) is 3.10. The largest absolute Gasteiger partial charge is 0.490 e. The maximum Gasteiger partial charge on any atom is 0.313 e. The van der Waals surface area contributed by atoms with Crippen molar-refractivity contribution in [2.24, 2.45) is 11.7 Å². The quantitative estimate of drug-likeness (QED) is 0.679. The summed E-state index contributed by atoms with van der Waals surface area (Å²) < 4.78 is 11.2. The van der Waals surface area contributed by atoms with Crippen LogP contribution < -0.4 is 15.8 Å². The minimum absolute atomic E-state index is 0.0386. The molecule has 2 aliphatic heterocycles. The molecule has 3 atom stereocenters. The lowest BCUT2D eigenvalue weighted by atomic mass is 9.87. The van der Waals surface area contributed by atoms with Gasteiger partial charge in [0.2, 0.25) is 5.91 Å². The summed E-state index contributed by atoms with van der Waals surface area (Å²) >= 11 is 0. The molecule has 2 aromatic rings. The van der Waals surface area contributed by atoms with E-state index < -0.39 is 23.5 Å². The van der Waals surface area contributed by atoms with Crippen LogP contribution in [0.1, 0.15) is 22.8 Å². The summed E-state index contributed by atoms with van der Waals surface area (Å²) in [4.78, 5) is 40.5. The molecule has 2 heterocycles. The van der Waals surface area contributed by atoms with Crippen LogP contribution in [0, 0.1) is 5.92 Å². The van der Waals surface area contributed by atoms with Crippen LogP contribution in [-0.4, -0.2) is 60.6 Å². The molecule has 0 aliphatic carbocycles. The number of carbonyl (C=O) groups excluding carboxylic acids is 3. The van der Waals surface area contributed by atoms with Gasteiger partial charge in [0.05, 0.1) is 18.2 Å². The molecule has 2 aromatic carbocycles. The van der Waals surface area contributed by atoms with Crippen LogP contribution in [0.15, 0.2) is 54.6 Å². The van der Waals surface area contributed by atoms with Crippen molar-refractivity contribution in [3.8, 4) is 5.75 Å². The smallest absolute Gasteiger partial charge is 0.313 e. The fraction of sp³-hybridized carbons (Fsp3) is 0.375. The maximum atomic E-state index is 13.2. The summed E-state index contributed by atoms with van der Waals surface area (Å²) in [5.41, 5.74) is 6.46. The Kier molecular flexibility index (Phi) is 6.14. The van der Waals surface area contributed by atoms with E-state index in [0.29, 0.717) is 17.7 Å². The second kappa shape index (κ2) is 9.00. The standard InChI is InChI=1S/C24H27N3O5/c1-2-31-23(30)18-13-27(22(29)19(25)12-16-8-4-3-5-9-16)14-24(18)15-32-20-11-7-6-10-17(20)21(28)26-24/h3-11,18-19H,2,12-15,25H2,1H3,(H,26,28)/t18-,19+,24-/m0/s1. The van der Waals surface area contributed by atoms with Gasteiger partial charge in [-0.2, -0.15) is 0 Å². The third kappa shape index (κ3) is 4.18. The lowest BCUT2D eigenvalue weighted by Gasteiger charge is -2.32. The van der Waals surface area contributed by atoms with E-state index in [-0.39, 0.29) is 38.1 Å². The van der Waals surface area contributed by atoms with Crippen molar-refractivity contribution in [1.82, 2.24) is 10.2 Å². The fourth-order valence-electron chi connectivity index (χ4n) is 4.40. The first-order chi connectivity index (χ1) is 15.4. The number of ether oxygens (including phenoxy) is 2. The van der Waals surface area contributed by atoms with Crippen molar-refractivity contribution in [1.29, 1.82) is 0 Å². The predicted molar refractivity (Wildman–Crippen MR) is 117 cm³/mol. The van der Waals surface area contributed by atoms with Crippen LogP contribution >= 0.6 is 0 Å². The molecule has 168 valence electrons. The van der Waals surface area contributed by atoms with Crippen molar-refractivity contribution in [3.63, 3.8) is 0 Å². The van der Waals surface area contributed by atoms with Gasteiger partial charge in [-0.15, -0.1) is 0 Å². The number of esters is 1. The highest BCUT2D eigenvalue weighted by atomic mass is 16.5. The Bertz CT molecular complexity index is 1010. The van der Waals surface area contributed by atoms with Crippen LogP contribution in [0.3, 0.4) is 0 Å². The number of fused-ring (bicyclic) bond motifs is 1. The van der Waals surface area contributed by atoms with Gasteiger partial charge in [0, 0.05) is 13.1 Å². The van der Waals surface area contributed by atoms with E-state index in [4.69, 9.17) is 15.2 Å². The molecule has 1 fully saturated rings. The van der Waals surface area contributed by atoms with Crippen LogP contribution in [0.2, 0.25) is 0 Å². The first kappa shape index (κ1) is 21.8. The average molecular weight is 437 g/mol. The number of rotatable bonds is 5. The third-order valence-electron chi connectivity index (χ3n) is 6.02. The summed E-state index contributed by atoms with van der Waals surface area (Å²) in [7, 11) is 0. The van der Waals surface area contributed by atoms with Gasteiger partial charge >= 0.3 is 5.97 Å². The van der Waals surface area contributed by atoms with E-state index in [2.05, 4.69) is 5.32 Å². The number of amides is 2. The zero-order valence-electron chi connectivity index (χ0n) is 18.0. The number of nitrogens with one attached hydrogen (secondary N) is 1. The molecule has 4 rings (SSSR count). The van der Waals surface area contributed by atoms with E-state index in [1.807, 2.05) is 30.3 Å². The molecular weight excluding hydrogens is 410 g/mol. The summed E-state index contributed by atoms with van der Waals surface area (Å²) in [5, 5.41) is 2.97. The summed E-state index contributed by atoms with van der Waals surface area (Å²) in [6.07, 6.45) is 0.377. The Morgan fingerprint density at radius 3 is 2.69 bits per heavy atom. The Morgan fingerprint density at radius 1 is 1.22 bits per heavy atom. The molecule has 8 heteroatoms. The molecule has 0 radical (unpaired) electrons. The van der Waals surface area contributed by atoms with E-state index in [9.17, 15) is 14.4 Å². The topological polar surface area (TPSA) is 111 Å². The number of nitrogens with zero attached hydrogens (tertiary/aromatic N) is 1. The van der Waals surface area contributed by atoms with Crippen LogP contribution in [0.5, 0.6) is 5.75 Å². The zero-order chi connectivity index (χ0) is 22.7. The molecule has 0 aromatic heterocycles. The van der Waals surface area contributed by atoms with Gasteiger partial charge in [-0.1, -0.05) is 42.5 Å². The SMILES string of the molecule is CCOC(=O)[C@@H]1CN(C(=O)[C@H](N)Cc2ccccc2)C[C@]12COc1ccccc1C(=O)N2. The van der Waals surface area contributed by atoms with E-state index >= 15 is 0 Å². The van der Waals surface area contributed by atoms with Gasteiger partial charge < -0.3 is 25.4 Å². The highest BCUT2D eigenvalue weighted by Crippen LogP contribution is 2.34. The maximum absolute atomic E-state index is 13.2. The number of benzene rings is 2. The molecule has 2 amide bonds. The Morgan fingerprint density at radius 2 is 1.94 bits per heavy atom. The van der Waals surface area contributed by atoms with Crippen LogP contribution in [0.25, 0.3) is 0 Å². The van der Waals surface area contributed by atoms with Crippen molar-refractivity contribution in [2.45, 2.75) is 24.9 Å². The Balaban J connectivity index is 1.58. The second-order valence-corrected chi connectivity index (χ2v) is 8.21. The molecule has 0 bridgehead atoms. The third-order valence-corrected chi connectivity index (χ3v) is 6.02. The summed E-state index contributed by atoms with van der Waals surface area (Å²) in [6, 6.07) is 15.6. The van der Waals surface area contributed by atoms with Gasteiger partial charge in [0.1, 0.15) is 23.8 Å². The highest BCUT2D eigenvalue weighted by Gasteiger charge is 2.55. The molecule has 0 unspecified atom stereocenters. The fourth-order valence-corrected chi connectivity index (χ4v) is 4.40.